The Kier molecular flexibility index (Phi) is 6.47. The van der Waals surface area contributed by atoms with Crippen molar-refractivity contribution < 1.29 is 19.4 Å². The number of halogens is 1. The molecule has 1 heterocycles. The molecule has 0 radical (unpaired) electrons. The molecule has 28 heavy (non-hydrogen) atoms. The largest absolute Gasteiger partial charge is 0.396 e. The van der Waals surface area contributed by atoms with Crippen molar-refractivity contribution >= 4 is 5.91 Å². The third kappa shape index (κ3) is 4.26. The highest BCUT2D eigenvalue weighted by molar-refractivity contribution is 5.79. The van der Waals surface area contributed by atoms with Crippen LogP contribution in [0.5, 0.6) is 0 Å². The van der Waals surface area contributed by atoms with Crippen LogP contribution in [0.15, 0.2) is 48.5 Å². The lowest BCUT2D eigenvalue weighted by atomic mass is 9.69. The predicted molar refractivity (Wildman–Crippen MR) is 106 cm³/mol. The van der Waals surface area contributed by atoms with Gasteiger partial charge in [0.2, 0.25) is 5.91 Å². The number of benzene rings is 2. The first-order chi connectivity index (χ1) is 13.5. The second-order valence-electron chi connectivity index (χ2n) is 7.70. The van der Waals surface area contributed by atoms with Crippen LogP contribution in [0.1, 0.15) is 55.3 Å². The van der Waals surface area contributed by atoms with Crippen LogP contribution in [0.2, 0.25) is 0 Å². The quantitative estimate of drug-likeness (QED) is 0.764. The molecule has 1 aliphatic rings. The summed E-state index contributed by atoms with van der Waals surface area (Å²) in [6.07, 6.45) is 2.46. The van der Waals surface area contributed by atoms with Crippen molar-refractivity contribution in [3.05, 3.63) is 71.0 Å². The number of hydrogen-bond donors (Lipinski definition) is 2. The summed E-state index contributed by atoms with van der Waals surface area (Å²) >= 11 is 0. The van der Waals surface area contributed by atoms with Gasteiger partial charge in [0.05, 0.1) is 12.6 Å². The molecule has 1 saturated heterocycles. The third-order valence-electron chi connectivity index (χ3n) is 6.02. The summed E-state index contributed by atoms with van der Waals surface area (Å²) < 4.78 is 13.4. The molecular weight excluding hydrogens is 357 g/mol. The first-order valence-corrected chi connectivity index (χ1v) is 9.85. The number of carbonyl (C=O) groups is 1. The number of likely N-dealkylation sites (tertiary alicyclic amines) is 1. The van der Waals surface area contributed by atoms with Crippen LogP contribution in [0.4, 0.5) is 4.39 Å². The van der Waals surface area contributed by atoms with Crippen molar-refractivity contribution in [2.24, 2.45) is 0 Å². The van der Waals surface area contributed by atoms with Gasteiger partial charge in [-0.25, -0.2) is 4.39 Å². The van der Waals surface area contributed by atoms with Crippen molar-refractivity contribution in [3.63, 3.8) is 0 Å². The maximum atomic E-state index is 13.4. The van der Waals surface area contributed by atoms with Crippen molar-refractivity contribution in [1.82, 2.24) is 4.90 Å². The van der Waals surface area contributed by atoms with Gasteiger partial charge in [-0.1, -0.05) is 36.4 Å². The lowest BCUT2D eigenvalue weighted by Gasteiger charge is -2.44. The lowest BCUT2D eigenvalue weighted by molar-refractivity contribution is -0.138. The smallest absolute Gasteiger partial charge is 0.223 e. The zero-order valence-electron chi connectivity index (χ0n) is 16.3. The Hall–Kier alpha value is -2.24. The predicted octanol–water partition coefficient (Wildman–Crippen LogP) is 3.71. The van der Waals surface area contributed by atoms with E-state index in [0.29, 0.717) is 25.8 Å². The normalized spacial score (nSPS) is 21.0. The summed E-state index contributed by atoms with van der Waals surface area (Å²) in [4.78, 5) is 15.0. The van der Waals surface area contributed by atoms with Gasteiger partial charge in [0, 0.05) is 25.0 Å². The lowest BCUT2D eigenvalue weighted by Crippen LogP contribution is -2.47. The van der Waals surface area contributed by atoms with Gasteiger partial charge in [-0.15, -0.1) is 0 Å². The van der Waals surface area contributed by atoms with E-state index in [4.69, 9.17) is 0 Å². The molecule has 0 aromatic heterocycles. The van der Waals surface area contributed by atoms with Crippen LogP contribution in [-0.2, 0) is 16.8 Å². The standard InChI is InChI=1S/C23H28FNO3/c1-17(19-5-3-18(16-27)4-6-19)25-13-12-23(11-2-14-26,15-22(25)28)20-7-9-21(24)10-8-20/h3-10,17,26-27H,2,11-16H2,1H3/t17-,23-/m0/s1. The van der Waals surface area contributed by atoms with Gasteiger partial charge < -0.3 is 15.1 Å². The molecule has 0 unspecified atom stereocenters. The van der Waals surface area contributed by atoms with E-state index < -0.39 is 0 Å². The summed E-state index contributed by atoms with van der Waals surface area (Å²) in [5.41, 5.74) is 2.50. The molecule has 150 valence electrons. The molecule has 5 heteroatoms. The van der Waals surface area contributed by atoms with Crippen molar-refractivity contribution in [2.75, 3.05) is 13.2 Å². The minimum atomic E-state index is -0.357. The van der Waals surface area contributed by atoms with Gasteiger partial charge >= 0.3 is 0 Å². The van der Waals surface area contributed by atoms with Crippen LogP contribution in [0, 0.1) is 5.82 Å². The second-order valence-corrected chi connectivity index (χ2v) is 7.70. The van der Waals surface area contributed by atoms with Gasteiger partial charge in [0.1, 0.15) is 5.82 Å². The number of rotatable bonds is 7. The van der Waals surface area contributed by atoms with E-state index in [1.807, 2.05) is 36.1 Å². The Labute approximate surface area is 165 Å². The molecule has 2 atom stereocenters. The number of piperidine rings is 1. The Bertz CT molecular complexity index is 790. The summed E-state index contributed by atoms with van der Waals surface area (Å²) in [7, 11) is 0. The van der Waals surface area contributed by atoms with Gasteiger partial charge in [0.15, 0.2) is 0 Å². The molecule has 1 amide bonds. The number of aliphatic hydroxyl groups excluding tert-OH is 2. The first-order valence-electron chi connectivity index (χ1n) is 9.85. The van der Waals surface area contributed by atoms with E-state index in [1.54, 1.807) is 12.1 Å². The average Bonchev–Trinajstić information content (AvgIpc) is 2.72. The first kappa shape index (κ1) is 20.5. The molecule has 1 fully saturated rings. The molecule has 0 bridgehead atoms. The summed E-state index contributed by atoms with van der Waals surface area (Å²) in [6, 6.07) is 14.0. The van der Waals surface area contributed by atoms with Crippen LogP contribution < -0.4 is 0 Å². The summed E-state index contributed by atoms with van der Waals surface area (Å²) in [5, 5.41) is 18.5. The van der Waals surface area contributed by atoms with E-state index in [9.17, 15) is 19.4 Å². The zero-order chi connectivity index (χ0) is 20.1. The number of carbonyl (C=O) groups excluding carboxylic acids is 1. The van der Waals surface area contributed by atoms with Crippen LogP contribution in [-0.4, -0.2) is 34.2 Å². The highest BCUT2D eigenvalue weighted by Gasteiger charge is 2.41. The Morgan fingerprint density at radius 2 is 1.79 bits per heavy atom. The van der Waals surface area contributed by atoms with Crippen molar-refractivity contribution in [2.45, 2.75) is 50.7 Å². The molecule has 3 rings (SSSR count). The monoisotopic (exact) mass is 385 g/mol. The van der Waals surface area contributed by atoms with Crippen molar-refractivity contribution in [3.8, 4) is 0 Å². The zero-order valence-corrected chi connectivity index (χ0v) is 16.3. The molecule has 1 aliphatic heterocycles. The fourth-order valence-electron chi connectivity index (χ4n) is 4.25. The Morgan fingerprint density at radius 1 is 1.11 bits per heavy atom. The number of nitrogens with zero attached hydrogens (tertiary/aromatic N) is 1. The fourth-order valence-corrected chi connectivity index (χ4v) is 4.25. The van der Waals surface area contributed by atoms with Crippen molar-refractivity contribution in [1.29, 1.82) is 0 Å². The molecule has 2 aromatic rings. The summed E-state index contributed by atoms with van der Waals surface area (Å²) in [6.45, 7) is 2.71. The average molecular weight is 385 g/mol. The van der Waals surface area contributed by atoms with Gasteiger partial charge in [-0.3, -0.25) is 4.79 Å². The maximum Gasteiger partial charge on any atom is 0.223 e. The highest BCUT2D eigenvalue weighted by Crippen LogP contribution is 2.42. The van der Waals surface area contributed by atoms with Crippen LogP contribution >= 0.6 is 0 Å². The van der Waals surface area contributed by atoms with E-state index >= 15 is 0 Å². The number of amides is 1. The molecule has 2 aromatic carbocycles. The minimum Gasteiger partial charge on any atom is -0.396 e. The van der Waals surface area contributed by atoms with E-state index in [1.165, 1.54) is 12.1 Å². The number of aliphatic hydroxyl groups is 2. The molecule has 0 aliphatic carbocycles. The van der Waals surface area contributed by atoms with Gasteiger partial charge in [-0.05, 0) is 55.0 Å². The van der Waals surface area contributed by atoms with Gasteiger partial charge in [0.25, 0.3) is 0 Å². The molecule has 4 nitrogen and oxygen atoms in total. The molecule has 0 saturated carbocycles. The third-order valence-corrected chi connectivity index (χ3v) is 6.02. The SMILES string of the molecule is C[C@@H](c1ccc(CO)cc1)N1CC[C@](CCCO)(c2ccc(F)cc2)CC1=O. The van der Waals surface area contributed by atoms with E-state index in [-0.39, 0.29) is 36.4 Å². The van der Waals surface area contributed by atoms with Crippen LogP contribution in [0.3, 0.4) is 0 Å². The Morgan fingerprint density at radius 3 is 2.36 bits per heavy atom. The summed E-state index contributed by atoms with van der Waals surface area (Å²) in [5.74, 6) is -0.211. The fraction of sp³-hybridized carbons (Fsp3) is 0.435. The number of hydrogen-bond acceptors (Lipinski definition) is 3. The minimum absolute atomic E-state index is 0.00233. The van der Waals surface area contributed by atoms with Gasteiger partial charge in [-0.2, -0.15) is 0 Å². The second kappa shape index (κ2) is 8.84. The van der Waals surface area contributed by atoms with Crippen LogP contribution in [0.25, 0.3) is 0 Å². The highest BCUT2D eigenvalue weighted by atomic mass is 19.1. The Balaban J connectivity index is 1.80. The van der Waals surface area contributed by atoms with E-state index in [0.717, 1.165) is 23.1 Å². The molecule has 0 spiro atoms. The van der Waals surface area contributed by atoms with E-state index in [2.05, 4.69) is 0 Å². The maximum absolute atomic E-state index is 13.4. The molecular formula is C23H28FNO3. The molecule has 2 N–H and O–H groups in total. The topological polar surface area (TPSA) is 60.8 Å².